The highest BCUT2D eigenvalue weighted by atomic mass is 32.1. The third kappa shape index (κ3) is 6.47. The van der Waals surface area contributed by atoms with E-state index in [0.717, 1.165) is 55.3 Å². The second-order valence-electron chi connectivity index (χ2n) is 17.3. The lowest BCUT2D eigenvalue weighted by Gasteiger charge is -2.11. The van der Waals surface area contributed by atoms with Gasteiger partial charge in [0.05, 0.1) is 16.4 Å². The van der Waals surface area contributed by atoms with Gasteiger partial charge in [0.1, 0.15) is 16.9 Å². The molecule has 0 bridgehead atoms. The third-order valence-electron chi connectivity index (χ3n) is 13.4. The Balaban J connectivity index is 0.845. The minimum absolute atomic E-state index is 0.488. The number of nitrogens with zero attached hydrogens (tertiary/aromatic N) is 5. The number of thiophene rings is 1. The van der Waals surface area contributed by atoms with Crippen LogP contribution in [0.4, 0.5) is 0 Å². The number of para-hydroxylation sites is 2. The maximum absolute atomic E-state index is 6.29. The molecular weight excluding hydrogens is 863 g/mol. The SMILES string of the molecule is c1ccc(-c2ccc(-c3cccc4c3c3ccccc3n4-c3ccc(-c4ccc(-c5nc(-c6nccc7oc8ccccc8c67)nc(-c6cccc7sc8ccccc8c67)n5)cc4)cc3)cc2)cc1. The Bertz CT molecular complexity index is 4150. The molecule has 0 aliphatic heterocycles. The first kappa shape index (κ1) is 39.2. The zero-order valence-corrected chi connectivity index (χ0v) is 37.7. The van der Waals surface area contributed by atoms with Crippen LogP contribution >= 0.6 is 11.3 Å². The summed E-state index contributed by atoms with van der Waals surface area (Å²) >= 11 is 1.78. The van der Waals surface area contributed by atoms with Crippen LogP contribution in [0.5, 0.6) is 0 Å². The van der Waals surface area contributed by atoms with Crippen LogP contribution in [0.1, 0.15) is 0 Å². The van der Waals surface area contributed by atoms with Gasteiger partial charge in [0.2, 0.25) is 0 Å². The zero-order valence-electron chi connectivity index (χ0n) is 36.9. The Morgan fingerprint density at radius 2 is 0.928 bits per heavy atom. The lowest BCUT2D eigenvalue weighted by molar-refractivity contribution is 0.668. The predicted octanol–water partition coefficient (Wildman–Crippen LogP) is 16.6. The summed E-state index contributed by atoms with van der Waals surface area (Å²) in [5.74, 6) is 1.65. The summed E-state index contributed by atoms with van der Waals surface area (Å²) in [7, 11) is 0. The van der Waals surface area contributed by atoms with Crippen molar-refractivity contribution in [3.05, 3.63) is 225 Å². The van der Waals surface area contributed by atoms with E-state index in [1.54, 1.807) is 17.5 Å². The van der Waals surface area contributed by atoms with Gasteiger partial charge in [-0.2, -0.15) is 0 Å². The number of furan rings is 1. The minimum atomic E-state index is 0.488. The van der Waals surface area contributed by atoms with Crippen LogP contribution in [0.3, 0.4) is 0 Å². The van der Waals surface area contributed by atoms with Gasteiger partial charge in [-0.3, -0.25) is 4.98 Å². The lowest BCUT2D eigenvalue weighted by Crippen LogP contribution is -2.01. The van der Waals surface area contributed by atoms with Crippen LogP contribution in [-0.4, -0.2) is 24.5 Å². The van der Waals surface area contributed by atoms with Crippen molar-refractivity contribution in [1.82, 2.24) is 24.5 Å². The Kier molecular flexibility index (Phi) is 8.97. The van der Waals surface area contributed by atoms with E-state index in [2.05, 4.69) is 199 Å². The second-order valence-corrected chi connectivity index (χ2v) is 18.4. The van der Waals surface area contributed by atoms with Crippen molar-refractivity contribution in [3.63, 3.8) is 0 Å². The fraction of sp³-hybridized carbons (Fsp3) is 0. The highest BCUT2D eigenvalue weighted by Gasteiger charge is 2.22. The topological polar surface area (TPSA) is 69.6 Å². The molecule has 0 saturated carbocycles. The van der Waals surface area contributed by atoms with Crippen molar-refractivity contribution in [1.29, 1.82) is 0 Å². The lowest BCUT2D eigenvalue weighted by atomic mass is 9.97. The fourth-order valence-electron chi connectivity index (χ4n) is 10.2. The summed E-state index contributed by atoms with van der Waals surface area (Å²) < 4.78 is 11.1. The van der Waals surface area contributed by atoms with Crippen LogP contribution in [0.25, 0.3) is 137 Å². The molecule has 0 fully saturated rings. The highest BCUT2D eigenvalue weighted by molar-refractivity contribution is 7.25. The van der Waals surface area contributed by atoms with Gasteiger partial charge in [0.15, 0.2) is 17.5 Å². The molecule has 69 heavy (non-hydrogen) atoms. The third-order valence-corrected chi connectivity index (χ3v) is 14.5. The summed E-state index contributed by atoms with van der Waals surface area (Å²) in [5.41, 5.74) is 14.5. The molecule has 5 heterocycles. The standard InChI is InChI=1S/C62H37N5OS/c1-2-12-38(13-3-1)39-24-28-42(29-25-39)45-17-10-20-51-56(45)46-14-4-7-19-50(46)67(51)44-34-32-41(33-35-44)40-26-30-43(31-27-40)60-64-61(49-18-11-23-55-57(49)48-16-6-9-22-54(48)69-55)66-62(65-60)59-58-47-15-5-8-21-52(47)68-53(58)36-37-63-59/h1-37H. The van der Waals surface area contributed by atoms with Gasteiger partial charge in [0, 0.05) is 59.3 Å². The molecular formula is C62H37N5OS. The van der Waals surface area contributed by atoms with E-state index in [0.29, 0.717) is 23.2 Å². The molecule has 14 rings (SSSR count). The molecule has 7 heteroatoms. The van der Waals surface area contributed by atoms with Crippen LogP contribution in [0.15, 0.2) is 229 Å². The Morgan fingerprint density at radius 3 is 1.74 bits per heavy atom. The van der Waals surface area contributed by atoms with E-state index < -0.39 is 0 Å². The number of hydrogen-bond donors (Lipinski definition) is 0. The van der Waals surface area contributed by atoms with Crippen molar-refractivity contribution in [2.24, 2.45) is 0 Å². The number of rotatable bonds is 7. The van der Waals surface area contributed by atoms with Gasteiger partial charge in [-0.1, -0.05) is 170 Å². The van der Waals surface area contributed by atoms with Crippen LogP contribution in [0, 0.1) is 0 Å². The Morgan fingerprint density at radius 1 is 0.348 bits per heavy atom. The normalized spacial score (nSPS) is 11.8. The Labute approximate surface area is 400 Å². The van der Waals surface area contributed by atoms with Gasteiger partial charge < -0.3 is 8.98 Å². The monoisotopic (exact) mass is 899 g/mol. The fourth-order valence-corrected chi connectivity index (χ4v) is 11.3. The number of fused-ring (bicyclic) bond motifs is 9. The summed E-state index contributed by atoms with van der Waals surface area (Å²) in [5, 5.41) is 6.63. The van der Waals surface area contributed by atoms with Crippen molar-refractivity contribution in [2.45, 2.75) is 0 Å². The first-order chi connectivity index (χ1) is 34.2. The first-order valence-corrected chi connectivity index (χ1v) is 23.8. The van der Waals surface area contributed by atoms with E-state index in [9.17, 15) is 0 Å². The van der Waals surface area contributed by atoms with Crippen molar-refractivity contribution < 1.29 is 4.42 Å². The highest BCUT2D eigenvalue weighted by Crippen LogP contribution is 2.42. The molecule has 5 aromatic heterocycles. The maximum Gasteiger partial charge on any atom is 0.183 e. The average Bonchev–Trinajstić information content (AvgIpc) is 4.11. The van der Waals surface area contributed by atoms with Crippen molar-refractivity contribution in [3.8, 4) is 73.4 Å². The zero-order chi connectivity index (χ0) is 45.4. The molecule has 0 spiro atoms. The van der Waals surface area contributed by atoms with E-state index in [4.69, 9.17) is 24.4 Å². The summed E-state index contributed by atoms with van der Waals surface area (Å²) in [6.45, 7) is 0. The second kappa shape index (κ2) is 15.8. The first-order valence-electron chi connectivity index (χ1n) is 23.0. The molecule has 0 aliphatic rings. The molecule has 14 aromatic rings. The van der Waals surface area contributed by atoms with Crippen LogP contribution in [-0.2, 0) is 0 Å². The van der Waals surface area contributed by atoms with Gasteiger partial charge >= 0.3 is 0 Å². The maximum atomic E-state index is 6.29. The average molecular weight is 900 g/mol. The van der Waals surface area contributed by atoms with E-state index in [-0.39, 0.29) is 0 Å². The molecule has 9 aromatic carbocycles. The van der Waals surface area contributed by atoms with Crippen molar-refractivity contribution >= 4 is 75.3 Å². The number of hydrogen-bond acceptors (Lipinski definition) is 6. The molecule has 0 N–H and O–H groups in total. The minimum Gasteiger partial charge on any atom is -0.456 e. The van der Waals surface area contributed by atoms with Crippen LogP contribution < -0.4 is 0 Å². The summed E-state index contributed by atoms with van der Waals surface area (Å²) in [4.78, 5) is 20.5. The van der Waals surface area contributed by atoms with E-state index in [1.165, 1.54) is 58.8 Å². The molecule has 0 aliphatic carbocycles. The van der Waals surface area contributed by atoms with Gasteiger partial charge in [-0.05, 0) is 81.9 Å². The number of pyridine rings is 1. The van der Waals surface area contributed by atoms with Gasteiger partial charge in [-0.25, -0.2) is 15.0 Å². The number of aromatic nitrogens is 5. The van der Waals surface area contributed by atoms with E-state index in [1.807, 2.05) is 24.3 Å². The van der Waals surface area contributed by atoms with Crippen LogP contribution in [0.2, 0.25) is 0 Å². The molecule has 0 unspecified atom stereocenters. The summed E-state index contributed by atoms with van der Waals surface area (Å²) in [6.07, 6.45) is 1.76. The molecule has 0 amide bonds. The quantitative estimate of drug-likeness (QED) is 0.159. The van der Waals surface area contributed by atoms with Gasteiger partial charge in [0.25, 0.3) is 0 Å². The predicted molar refractivity (Wildman–Crippen MR) is 285 cm³/mol. The molecule has 6 nitrogen and oxygen atoms in total. The molecule has 322 valence electrons. The number of benzene rings is 9. The smallest absolute Gasteiger partial charge is 0.183 e. The molecule has 0 saturated heterocycles. The molecule has 0 atom stereocenters. The van der Waals surface area contributed by atoms with E-state index >= 15 is 0 Å². The Hall–Kier alpha value is -9.04. The summed E-state index contributed by atoms with van der Waals surface area (Å²) in [6, 6.07) is 77.1. The largest absolute Gasteiger partial charge is 0.456 e. The van der Waals surface area contributed by atoms with Crippen molar-refractivity contribution in [2.75, 3.05) is 0 Å². The molecule has 0 radical (unpaired) electrons. The van der Waals surface area contributed by atoms with Gasteiger partial charge in [-0.15, -0.1) is 11.3 Å².